The molecule has 3 unspecified atom stereocenters. The van der Waals surface area contributed by atoms with Gasteiger partial charge in [0, 0.05) is 56.9 Å². The van der Waals surface area contributed by atoms with Gasteiger partial charge in [0.05, 0.1) is 12.3 Å². The molecule has 4 aliphatic heterocycles. The monoisotopic (exact) mass is 521 g/mol. The number of aryl methyl sites for hydroxylation is 1. The van der Waals surface area contributed by atoms with E-state index in [1.54, 1.807) is 6.20 Å². The third-order valence-corrected chi connectivity index (χ3v) is 9.80. The van der Waals surface area contributed by atoms with Gasteiger partial charge in [-0.1, -0.05) is 19.1 Å². The van der Waals surface area contributed by atoms with Crippen LogP contribution in [0.15, 0.2) is 28.8 Å². The van der Waals surface area contributed by atoms with Crippen LogP contribution in [0.5, 0.6) is 0 Å². The van der Waals surface area contributed by atoms with Gasteiger partial charge < -0.3 is 29.5 Å². The normalized spacial score (nSPS) is 27.4. The Balaban J connectivity index is 0.996. The Labute approximate surface area is 226 Å². The van der Waals surface area contributed by atoms with Gasteiger partial charge in [0.1, 0.15) is 0 Å². The number of β-amino-alcohol motifs (C(OH)–C–C–N with tert-alkyl or cyclic N) is 1. The number of benzene rings is 1. The van der Waals surface area contributed by atoms with Crippen molar-refractivity contribution in [3.63, 3.8) is 0 Å². The van der Waals surface area contributed by atoms with Crippen LogP contribution in [0.2, 0.25) is 0 Å². The molecule has 1 spiro atoms. The molecule has 3 atom stereocenters. The molecule has 206 valence electrons. The lowest BCUT2D eigenvalue weighted by Crippen LogP contribution is -2.52. The van der Waals surface area contributed by atoms with E-state index in [9.17, 15) is 9.90 Å². The Morgan fingerprint density at radius 1 is 1.18 bits per heavy atom. The molecule has 4 aliphatic rings. The van der Waals surface area contributed by atoms with Crippen LogP contribution in [0.3, 0.4) is 0 Å². The molecule has 1 aromatic carbocycles. The Morgan fingerprint density at radius 3 is 2.74 bits per heavy atom. The molecular formula is C30H43N5O3. The van der Waals surface area contributed by atoms with Crippen molar-refractivity contribution in [3.8, 4) is 0 Å². The summed E-state index contributed by atoms with van der Waals surface area (Å²) in [5.74, 6) is 1.11. The van der Waals surface area contributed by atoms with E-state index in [1.807, 2.05) is 4.90 Å². The molecule has 0 saturated carbocycles. The highest BCUT2D eigenvalue weighted by Crippen LogP contribution is 2.47. The number of rotatable bonds is 5. The maximum atomic E-state index is 12.7. The van der Waals surface area contributed by atoms with Crippen molar-refractivity contribution in [2.45, 2.75) is 63.9 Å². The van der Waals surface area contributed by atoms with Crippen LogP contribution in [0.1, 0.15) is 67.1 Å². The van der Waals surface area contributed by atoms with E-state index in [2.05, 4.69) is 52.1 Å². The molecule has 6 rings (SSSR count). The molecule has 38 heavy (non-hydrogen) atoms. The minimum atomic E-state index is -0.323. The number of hydrogen-bond acceptors (Lipinski definition) is 7. The Kier molecular flexibility index (Phi) is 7.12. The zero-order chi connectivity index (χ0) is 26.3. The van der Waals surface area contributed by atoms with Gasteiger partial charge in [0.15, 0.2) is 0 Å². The average Bonchev–Trinajstić information content (AvgIpc) is 3.57. The third kappa shape index (κ3) is 4.81. The molecule has 2 N–H and O–H groups in total. The number of aromatic nitrogens is 1. The molecule has 3 saturated heterocycles. The van der Waals surface area contributed by atoms with Gasteiger partial charge in [-0.2, -0.15) is 0 Å². The van der Waals surface area contributed by atoms with E-state index < -0.39 is 0 Å². The Morgan fingerprint density at radius 2 is 1.97 bits per heavy atom. The number of fused-ring (bicyclic) bond motifs is 2. The van der Waals surface area contributed by atoms with Crippen LogP contribution in [0.4, 0.5) is 11.7 Å². The van der Waals surface area contributed by atoms with Crippen molar-refractivity contribution in [1.29, 1.82) is 0 Å². The van der Waals surface area contributed by atoms with Crippen LogP contribution in [-0.2, 0) is 5.41 Å². The first-order valence-electron chi connectivity index (χ1n) is 14.7. The topological polar surface area (TPSA) is 85.1 Å². The third-order valence-electron chi connectivity index (χ3n) is 9.80. The van der Waals surface area contributed by atoms with Crippen molar-refractivity contribution in [2.24, 2.45) is 11.8 Å². The predicted octanol–water partition coefficient (Wildman–Crippen LogP) is 3.89. The Bertz CT molecular complexity index is 1140. The van der Waals surface area contributed by atoms with Crippen molar-refractivity contribution < 1.29 is 14.3 Å². The van der Waals surface area contributed by atoms with Crippen LogP contribution in [0.25, 0.3) is 0 Å². The average molecular weight is 522 g/mol. The summed E-state index contributed by atoms with van der Waals surface area (Å²) in [6.07, 6.45) is 7.51. The molecule has 8 nitrogen and oxygen atoms in total. The lowest BCUT2D eigenvalue weighted by molar-refractivity contribution is 0.0242. The molecule has 1 aromatic heterocycles. The van der Waals surface area contributed by atoms with E-state index in [1.165, 1.54) is 23.2 Å². The second-order valence-electron chi connectivity index (χ2n) is 12.2. The fourth-order valence-electron chi connectivity index (χ4n) is 7.32. The van der Waals surface area contributed by atoms with Crippen molar-refractivity contribution in [2.75, 3.05) is 62.6 Å². The second kappa shape index (κ2) is 10.5. The fourth-order valence-corrected chi connectivity index (χ4v) is 7.32. The molecule has 8 heteroatoms. The summed E-state index contributed by atoms with van der Waals surface area (Å²) in [5, 5.41) is 14.8. The number of carbonyl (C=O) groups is 1. The van der Waals surface area contributed by atoms with Crippen LogP contribution in [0, 0.1) is 18.8 Å². The number of nitrogens with zero attached hydrogens (tertiary/aromatic N) is 4. The molecule has 1 amide bonds. The van der Waals surface area contributed by atoms with Gasteiger partial charge in [-0.15, -0.1) is 0 Å². The van der Waals surface area contributed by atoms with Gasteiger partial charge in [0.25, 0.3) is 11.9 Å². The number of piperidine rings is 3. The van der Waals surface area contributed by atoms with Crippen molar-refractivity contribution in [1.82, 2.24) is 14.8 Å². The quantitative estimate of drug-likeness (QED) is 0.618. The smallest absolute Gasteiger partial charge is 0.297 e. The van der Waals surface area contributed by atoms with Gasteiger partial charge in [-0.05, 0) is 81.0 Å². The SMILES string of the molecule is Cc1ccc2c(c1)NCC21CCN(CC(O)C2CCN(c3ncc(C(=O)N4CCCCC4)o3)CC2)CC1C. The minimum Gasteiger partial charge on any atom is -0.418 e. The van der Waals surface area contributed by atoms with Crippen LogP contribution in [-0.4, -0.2) is 84.3 Å². The first-order valence-corrected chi connectivity index (χ1v) is 14.7. The molecule has 0 radical (unpaired) electrons. The molecule has 0 bridgehead atoms. The van der Waals surface area contributed by atoms with Gasteiger partial charge in [0.2, 0.25) is 5.76 Å². The highest BCUT2D eigenvalue weighted by atomic mass is 16.4. The highest BCUT2D eigenvalue weighted by molar-refractivity contribution is 5.91. The number of oxazole rings is 1. The molecular weight excluding hydrogens is 478 g/mol. The van der Waals surface area contributed by atoms with Crippen LogP contribution < -0.4 is 10.2 Å². The van der Waals surface area contributed by atoms with E-state index >= 15 is 0 Å². The predicted molar refractivity (Wildman–Crippen MR) is 149 cm³/mol. The zero-order valence-corrected chi connectivity index (χ0v) is 23.0. The number of anilines is 2. The highest BCUT2D eigenvalue weighted by Gasteiger charge is 2.46. The number of aliphatic hydroxyl groups is 1. The molecule has 3 fully saturated rings. The Hall–Kier alpha value is -2.58. The summed E-state index contributed by atoms with van der Waals surface area (Å²) < 4.78 is 5.89. The number of hydrogen-bond donors (Lipinski definition) is 2. The summed E-state index contributed by atoms with van der Waals surface area (Å²) in [4.78, 5) is 23.6. The van der Waals surface area contributed by atoms with E-state index in [-0.39, 0.29) is 23.3 Å². The van der Waals surface area contributed by atoms with Gasteiger partial charge in [-0.25, -0.2) is 4.98 Å². The van der Waals surface area contributed by atoms with E-state index in [0.29, 0.717) is 17.7 Å². The summed E-state index contributed by atoms with van der Waals surface area (Å²) in [5.41, 5.74) is 4.31. The van der Waals surface area contributed by atoms with Gasteiger partial charge in [-0.3, -0.25) is 4.79 Å². The number of carbonyl (C=O) groups excluding carboxylic acids is 1. The summed E-state index contributed by atoms with van der Waals surface area (Å²) in [7, 11) is 0. The molecule has 0 aliphatic carbocycles. The summed E-state index contributed by atoms with van der Waals surface area (Å²) in [6, 6.07) is 7.40. The minimum absolute atomic E-state index is 0.0433. The van der Waals surface area contributed by atoms with Crippen molar-refractivity contribution in [3.05, 3.63) is 41.3 Å². The first kappa shape index (κ1) is 25.7. The summed E-state index contributed by atoms with van der Waals surface area (Å²) in [6.45, 7) is 11.5. The van der Waals surface area contributed by atoms with Gasteiger partial charge >= 0.3 is 0 Å². The number of likely N-dealkylation sites (tertiary alicyclic amines) is 2. The maximum absolute atomic E-state index is 12.7. The fraction of sp³-hybridized carbons (Fsp3) is 0.667. The number of aliphatic hydroxyl groups excluding tert-OH is 1. The first-order chi connectivity index (χ1) is 18.4. The molecule has 2 aromatic rings. The number of nitrogens with one attached hydrogen (secondary N) is 1. The van der Waals surface area contributed by atoms with Crippen molar-refractivity contribution >= 4 is 17.6 Å². The lowest BCUT2D eigenvalue weighted by atomic mass is 9.67. The maximum Gasteiger partial charge on any atom is 0.297 e. The number of amides is 1. The molecule has 5 heterocycles. The van der Waals surface area contributed by atoms with Crippen LogP contribution >= 0.6 is 0 Å². The largest absolute Gasteiger partial charge is 0.418 e. The second-order valence-corrected chi connectivity index (χ2v) is 12.2. The van der Waals surface area contributed by atoms with E-state index in [0.717, 1.165) is 84.5 Å². The summed E-state index contributed by atoms with van der Waals surface area (Å²) >= 11 is 0. The lowest BCUT2D eigenvalue weighted by Gasteiger charge is -2.46. The van der Waals surface area contributed by atoms with E-state index in [4.69, 9.17) is 4.42 Å². The standard InChI is InChI=1S/C30H43N5O3/c1-21-6-7-24-25(16-21)32-20-30(24)10-15-33(18-22(30)2)19-26(36)23-8-13-35(14-9-23)29-31-17-27(38-29)28(37)34-11-4-3-5-12-34/h6-7,16-17,22-23,26,32,36H,3-5,8-15,18-20H2,1-2H3. The zero-order valence-electron chi connectivity index (χ0n) is 23.0.